The normalized spacial score (nSPS) is 12.3. The molecular weight excluding hydrogens is 230 g/mol. The van der Waals surface area contributed by atoms with Crippen LogP contribution in [0.5, 0.6) is 0 Å². The minimum Gasteiger partial charge on any atom is -0.481 e. The van der Waals surface area contributed by atoms with Gasteiger partial charge in [0.15, 0.2) is 0 Å². The van der Waals surface area contributed by atoms with Crippen molar-refractivity contribution in [2.45, 2.75) is 6.42 Å². The first-order valence-corrected chi connectivity index (χ1v) is 4.37. The van der Waals surface area contributed by atoms with Crippen molar-refractivity contribution in [3.63, 3.8) is 0 Å². The number of imide groups is 1. The maximum absolute atomic E-state index is 10.5. The number of rotatable bonds is 3. The van der Waals surface area contributed by atoms with E-state index in [4.69, 9.17) is 5.11 Å². The Morgan fingerprint density at radius 1 is 1.35 bits per heavy atom. The minimum absolute atomic E-state index is 0.0463. The number of methoxy groups -OCH3 is 1. The Balaban J connectivity index is 0.000000318. The number of carbonyl (C=O) groups excluding carboxylic acids is 3. The first-order valence-electron chi connectivity index (χ1n) is 4.37. The van der Waals surface area contributed by atoms with Gasteiger partial charge in [-0.1, -0.05) is 6.58 Å². The molecule has 7 nitrogen and oxygen atoms in total. The zero-order valence-corrected chi connectivity index (χ0v) is 9.06. The standard InChI is InChI=1S/C6H8O4.C4H3NO2/c1-4(3-5(7)8)6(9)10-2;6-3-1-2-4(7)5-3/h1,3H2,2H3,(H,7,8);1-2H,(H,5,6,7). The average molecular weight is 241 g/mol. The molecule has 0 aromatic heterocycles. The van der Waals surface area contributed by atoms with Crippen LogP contribution in [0, 0.1) is 0 Å². The number of nitrogens with one attached hydrogen (secondary N) is 1. The molecular formula is C10H11NO6. The number of amides is 2. The van der Waals surface area contributed by atoms with Gasteiger partial charge in [-0.3, -0.25) is 19.7 Å². The summed E-state index contributed by atoms with van der Waals surface area (Å²) in [5.74, 6) is -2.42. The summed E-state index contributed by atoms with van der Waals surface area (Å²) in [6, 6.07) is 0. The molecule has 0 aromatic carbocycles. The fraction of sp³-hybridized carbons (Fsp3) is 0.200. The van der Waals surface area contributed by atoms with Gasteiger partial charge in [0.2, 0.25) is 0 Å². The SMILES string of the molecule is C=C(CC(=O)O)C(=O)OC.O=C1C=CC(=O)N1. The van der Waals surface area contributed by atoms with Crippen LogP contribution in [0.3, 0.4) is 0 Å². The van der Waals surface area contributed by atoms with E-state index in [1.165, 1.54) is 19.3 Å². The number of carboxylic acid groups (broad SMARTS) is 1. The molecule has 0 bridgehead atoms. The predicted octanol–water partition coefficient (Wildman–Crippen LogP) is -0.611. The van der Waals surface area contributed by atoms with Crippen LogP contribution in [0.15, 0.2) is 24.3 Å². The fourth-order valence-corrected chi connectivity index (χ4v) is 0.755. The summed E-state index contributed by atoms with van der Waals surface area (Å²) in [4.78, 5) is 40.5. The van der Waals surface area contributed by atoms with Crippen LogP contribution in [0.4, 0.5) is 0 Å². The van der Waals surface area contributed by atoms with Crippen molar-refractivity contribution in [3.05, 3.63) is 24.3 Å². The summed E-state index contributed by atoms with van der Waals surface area (Å²) < 4.78 is 4.21. The van der Waals surface area contributed by atoms with Crippen LogP contribution >= 0.6 is 0 Å². The summed E-state index contributed by atoms with van der Waals surface area (Å²) in [5.41, 5.74) is -0.0463. The molecule has 1 aliphatic heterocycles. The first-order chi connectivity index (χ1) is 7.86. The summed E-state index contributed by atoms with van der Waals surface area (Å²) in [5, 5.41) is 10.2. The first kappa shape index (κ1) is 14.6. The van der Waals surface area contributed by atoms with Crippen LogP contribution < -0.4 is 5.32 Å². The third-order valence-corrected chi connectivity index (χ3v) is 1.47. The lowest BCUT2D eigenvalue weighted by molar-refractivity contribution is -0.141. The minimum atomic E-state index is -1.09. The Kier molecular flexibility index (Phi) is 5.94. The second-order valence-corrected chi connectivity index (χ2v) is 2.85. The highest BCUT2D eigenvalue weighted by atomic mass is 16.5. The van der Waals surface area contributed by atoms with Crippen molar-refractivity contribution >= 4 is 23.8 Å². The van der Waals surface area contributed by atoms with E-state index in [1.54, 1.807) is 0 Å². The molecule has 92 valence electrons. The maximum Gasteiger partial charge on any atom is 0.333 e. The molecule has 0 radical (unpaired) electrons. The Bertz CT molecular complexity index is 380. The van der Waals surface area contributed by atoms with Gasteiger partial charge in [-0.05, 0) is 0 Å². The van der Waals surface area contributed by atoms with Gasteiger partial charge < -0.3 is 9.84 Å². The quantitative estimate of drug-likeness (QED) is 0.387. The van der Waals surface area contributed by atoms with Crippen LogP contribution in [-0.4, -0.2) is 36.0 Å². The number of aliphatic carboxylic acids is 1. The van der Waals surface area contributed by atoms with Crippen LogP contribution in [-0.2, 0) is 23.9 Å². The molecule has 0 spiro atoms. The van der Waals surface area contributed by atoms with E-state index in [0.717, 1.165) is 0 Å². The van der Waals surface area contributed by atoms with Gasteiger partial charge in [0.1, 0.15) is 0 Å². The second kappa shape index (κ2) is 6.94. The van der Waals surface area contributed by atoms with E-state index in [2.05, 4.69) is 11.3 Å². The van der Waals surface area contributed by atoms with E-state index < -0.39 is 11.9 Å². The number of esters is 1. The van der Waals surface area contributed by atoms with Crippen LogP contribution in [0.25, 0.3) is 0 Å². The van der Waals surface area contributed by atoms with Crippen molar-refractivity contribution in [2.75, 3.05) is 7.11 Å². The van der Waals surface area contributed by atoms with E-state index >= 15 is 0 Å². The van der Waals surface area contributed by atoms with E-state index in [-0.39, 0.29) is 23.8 Å². The lowest BCUT2D eigenvalue weighted by atomic mass is 10.2. The van der Waals surface area contributed by atoms with Crippen molar-refractivity contribution < 1.29 is 29.0 Å². The Morgan fingerprint density at radius 2 is 1.82 bits per heavy atom. The van der Waals surface area contributed by atoms with E-state index in [1.807, 2.05) is 5.32 Å². The highest BCUT2D eigenvalue weighted by Crippen LogP contribution is 1.98. The zero-order chi connectivity index (χ0) is 13.4. The molecule has 0 aliphatic carbocycles. The molecule has 0 unspecified atom stereocenters. The molecule has 7 heteroatoms. The number of carbonyl (C=O) groups is 4. The largest absolute Gasteiger partial charge is 0.481 e. The summed E-state index contributed by atoms with van der Waals surface area (Å²) >= 11 is 0. The molecule has 17 heavy (non-hydrogen) atoms. The summed E-state index contributed by atoms with van der Waals surface area (Å²) in [7, 11) is 1.18. The molecule has 1 rings (SSSR count). The topological polar surface area (TPSA) is 110 Å². The van der Waals surface area contributed by atoms with Gasteiger partial charge in [-0.15, -0.1) is 0 Å². The monoisotopic (exact) mass is 241 g/mol. The molecule has 2 amide bonds. The molecule has 0 fully saturated rings. The highest BCUT2D eigenvalue weighted by Gasteiger charge is 2.09. The van der Waals surface area contributed by atoms with Gasteiger partial charge in [0.05, 0.1) is 13.5 Å². The van der Waals surface area contributed by atoms with E-state index in [9.17, 15) is 19.2 Å². The van der Waals surface area contributed by atoms with E-state index in [0.29, 0.717) is 0 Å². The molecule has 1 heterocycles. The number of hydrogen-bond donors (Lipinski definition) is 2. The second-order valence-electron chi connectivity index (χ2n) is 2.85. The molecule has 0 aromatic rings. The van der Waals surface area contributed by atoms with Crippen LogP contribution in [0.2, 0.25) is 0 Å². The van der Waals surface area contributed by atoms with Gasteiger partial charge in [-0.2, -0.15) is 0 Å². The third kappa shape index (κ3) is 6.61. The highest BCUT2D eigenvalue weighted by molar-refractivity contribution is 6.12. The van der Waals surface area contributed by atoms with Crippen molar-refractivity contribution in [1.29, 1.82) is 0 Å². The lowest BCUT2D eigenvalue weighted by Gasteiger charge is -1.97. The molecule has 0 saturated carbocycles. The summed E-state index contributed by atoms with van der Waals surface area (Å²) in [6.07, 6.45) is 2.03. The molecule has 0 saturated heterocycles. The molecule has 0 atom stereocenters. The maximum atomic E-state index is 10.5. The Hall–Kier alpha value is -2.44. The van der Waals surface area contributed by atoms with Crippen molar-refractivity contribution in [3.8, 4) is 0 Å². The number of carboxylic acids is 1. The number of ether oxygens (including phenoxy) is 1. The van der Waals surface area contributed by atoms with Gasteiger partial charge >= 0.3 is 11.9 Å². The van der Waals surface area contributed by atoms with Crippen molar-refractivity contribution in [2.24, 2.45) is 0 Å². The summed E-state index contributed by atoms with van der Waals surface area (Å²) in [6.45, 7) is 3.21. The fourth-order valence-electron chi connectivity index (χ4n) is 0.755. The zero-order valence-electron chi connectivity index (χ0n) is 9.06. The van der Waals surface area contributed by atoms with Crippen molar-refractivity contribution in [1.82, 2.24) is 5.32 Å². The third-order valence-electron chi connectivity index (χ3n) is 1.47. The van der Waals surface area contributed by atoms with Gasteiger partial charge in [-0.25, -0.2) is 4.79 Å². The predicted molar refractivity (Wildman–Crippen MR) is 55.7 cm³/mol. The molecule has 1 aliphatic rings. The Morgan fingerprint density at radius 3 is 2.06 bits per heavy atom. The van der Waals surface area contributed by atoms with Gasteiger partial charge in [0.25, 0.3) is 11.8 Å². The number of hydrogen-bond acceptors (Lipinski definition) is 5. The lowest BCUT2D eigenvalue weighted by Crippen LogP contribution is -2.19. The molecule has 2 N–H and O–H groups in total. The Labute approximate surface area is 96.7 Å². The average Bonchev–Trinajstić information content (AvgIpc) is 2.61. The van der Waals surface area contributed by atoms with Gasteiger partial charge in [0, 0.05) is 17.7 Å². The van der Waals surface area contributed by atoms with Crippen LogP contribution in [0.1, 0.15) is 6.42 Å². The smallest absolute Gasteiger partial charge is 0.333 e.